The van der Waals surface area contributed by atoms with Crippen LogP contribution in [0, 0.1) is 0 Å². The van der Waals surface area contributed by atoms with Gasteiger partial charge in [-0.15, -0.1) is 0 Å². The number of ether oxygens (including phenoxy) is 4. The Morgan fingerprint density at radius 3 is 1.59 bits per heavy atom. The van der Waals surface area contributed by atoms with Crippen molar-refractivity contribution >= 4 is 39.5 Å². The van der Waals surface area contributed by atoms with E-state index in [2.05, 4.69) is 25.2 Å². The van der Waals surface area contributed by atoms with Crippen molar-refractivity contribution in [3.05, 3.63) is 0 Å². The molecule has 0 saturated carbocycles. The second-order valence-electron chi connectivity index (χ2n) is 9.47. The van der Waals surface area contributed by atoms with Crippen LogP contribution in [0.2, 0.25) is 0 Å². The van der Waals surface area contributed by atoms with E-state index in [0.717, 1.165) is 46.0 Å². The van der Waals surface area contributed by atoms with E-state index in [1.807, 2.05) is 0 Å². The van der Waals surface area contributed by atoms with Gasteiger partial charge in [0.2, 0.25) is 0 Å². The van der Waals surface area contributed by atoms with Gasteiger partial charge in [-0.3, -0.25) is 37.3 Å². The van der Waals surface area contributed by atoms with Crippen LogP contribution < -0.4 is 0 Å². The quantitative estimate of drug-likeness (QED) is 0.0515. The maximum absolute atomic E-state index is 12.2. The first-order chi connectivity index (χ1) is 20.6. The van der Waals surface area contributed by atoms with Gasteiger partial charge in [0.15, 0.2) is 12.2 Å². The van der Waals surface area contributed by atoms with Crippen LogP contribution in [0.15, 0.2) is 0 Å². The molecule has 0 bridgehead atoms. The highest BCUT2D eigenvalue weighted by Gasteiger charge is 2.29. The van der Waals surface area contributed by atoms with Crippen LogP contribution in [0.3, 0.4) is 0 Å². The van der Waals surface area contributed by atoms with Crippen molar-refractivity contribution in [3.8, 4) is 0 Å². The Morgan fingerprint density at radius 1 is 0.614 bits per heavy atom. The fourth-order valence-electron chi connectivity index (χ4n) is 3.09. The van der Waals surface area contributed by atoms with Crippen molar-refractivity contribution in [1.29, 1.82) is 0 Å². The first-order valence-corrected chi connectivity index (χ1v) is 17.2. The van der Waals surface area contributed by atoms with Gasteiger partial charge in [-0.25, -0.2) is 9.13 Å². The first kappa shape index (κ1) is 42.1. The molecule has 0 aliphatic heterocycles. The highest BCUT2D eigenvalue weighted by molar-refractivity contribution is 7.47. The van der Waals surface area contributed by atoms with Gasteiger partial charge in [-0.2, -0.15) is 0 Å². The summed E-state index contributed by atoms with van der Waals surface area (Å²) in [6, 6.07) is 0. The van der Waals surface area contributed by atoms with Gasteiger partial charge in [0.1, 0.15) is 19.3 Å². The van der Waals surface area contributed by atoms with Gasteiger partial charge in [0.25, 0.3) is 0 Å². The van der Waals surface area contributed by atoms with E-state index in [0.29, 0.717) is 6.42 Å². The van der Waals surface area contributed by atoms with Crippen molar-refractivity contribution in [2.75, 3.05) is 39.6 Å². The number of aliphatic hydroxyl groups is 1. The number of phosphoric ester groups is 2. The van der Waals surface area contributed by atoms with Crippen LogP contribution >= 0.6 is 15.6 Å². The summed E-state index contributed by atoms with van der Waals surface area (Å²) in [5, 5.41) is 9.94. The molecule has 0 aliphatic rings. The first-order valence-electron chi connectivity index (χ1n) is 14.2. The Labute approximate surface area is 257 Å². The van der Waals surface area contributed by atoms with Gasteiger partial charge >= 0.3 is 39.5 Å². The topological polar surface area (TPSA) is 237 Å². The summed E-state index contributed by atoms with van der Waals surface area (Å²) in [5.74, 6) is -2.67. The fourth-order valence-corrected chi connectivity index (χ4v) is 4.67. The molecule has 0 aliphatic carbocycles. The highest BCUT2D eigenvalue weighted by atomic mass is 31.2. The zero-order valence-corrected chi connectivity index (χ0v) is 27.4. The van der Waals surface area contributed by atoms with Crippen molar-refractivity contribution in [3.63, 3.8) is 0 Å². The second kappa shape index (κ2) is 23.4. The maximum atomic E-state index is 12.2. The van der Waals surface area contributed by atoms with Crippen LogP contribution in [0.25, 0.3) is 0 Å². The molecule has 17 nitrogen and oxygen atoms in total. The van der Waals surface area contributed by atoms with Crippen LogP contribution in [0.5, 0.6) is 0 Å². The second-order valence-corrected chi connectivity index (χ2v) is 12.4. The summed E-state index contributed by atoms with van der Waals surface area (Å²) >= 11 is 0. The van der Waals surface area contributed by atoms with Gasteiger partial charge in [0, 0.05) is 26.7 Å². The molecule has 0 aromatic rings. The molecule has 5 atom stereocenters. The lowest BCUT2D eigenvalue weighted by Gasteiger charge is -2.21. The predicted molar refractivity (Wildman–Crippen MR) is 151 cm³/mol. The number of carbonyl (C=O) groups excluding carboxylic acids is 4. The Kier molecular flexibility index (Phi) is 22.4. The molecule has 19 heteroatoms. The van der Waals surface area contributed by atoms with Gasteiger partial charge in [0.05, 0.1) is 26.4 Å². The number of hydrogen-bond donors (Lipinski definition) is 3. The lowest BCUT2D eigenvalue weighted by atomic mass is 10.1. The molecule has 0 aromatic heterocycles. The molecule has 0 amide bonds. The minimum atomic E-state index is -4.85. The van der Waals surface area contributed by atoms with E-state index in [1.165, 1.54) is 6.92 Å². The largest absolute Gasteiger partial charge is 0.472 e. The lowest BCUT2D eigenvalue weighted by molar-refractivity contribution is -0.161. The number of phosphoric acid groups is 2. The summed E-state index contributed by atoms with van der Waals surface area (Å²) in [7, 11) is -9.68. The minimum Gasteiger partial charge on any atom is -0.462 e. The molecule has 0 spiro atoms. The van der Waals surface area contributed by atoms with Crippen LogP contribution in [-0.4, -0.2) is 96.7 Å². The van der Waals surface area contributed by atoms with Crippen molar-refractivity contribution in [1.82, 2.24) is 0 Å². The molecule has 0 radical (unpaired) electrons. The Balaban J connectivity index is 4.66. The maximum Gasteiger partial charge on any atom is 0.472 e. The fraction of sp³-hybridized carbons (Fsp3) is 0.840. The molecular formula is C25H46O17P2. The molecule has 0 heterocycles. The summed E-state index contributed by atoms with van der Waals surface area (Å²) < 4.78 is 62.7. The van der Waals surface area contributed by atoms with Crippen molar-refractivity contribution < 1.29 is 80.2 Å². The number of unbranched alkanes of at least 4 members (excludes halogenated alkanes) is 5. The number of esters is 4. The van der Waals surface area contributed by atoms with Crippen LogP contribution in [0.4, 0.5) is 0 Å². The number of carbonyl (C=O) groups is 4. The molecule has 0 aromatic carbocycles. The zero-order chi connectivity index (χ0) is 33.6. The van der Waals surface area contributed by atoms with Crippen molar-refractivity contribution in [2.24, 2.45) is 0 Å². The molecule has 2 unspecified atom stereocenters. The SMILES string of the molecule is CCCCCCCCC(=O)OC[C@H](COP(=O)(O)OC[C@H](O)COP(=O)(O)OC[C@@H](COC(C)=O)OC(C)=O)OC(=O)CC. The molecule has 0 fully saturated rings. The van der Waals surface area contributed by atoms with Gasteiger partial charge < -0.3 is 33.8 Å². The van der Waals surface area contributed by atoms with E-state index in [4.69, 9.17) is 18.7 Å². The number of rotatable bonds is 26. The van der Waals surface area contributed by atoms with E-state index in [-0.39, 0.29) is 12.8 Å². The van der Waals surface area contributed by atoms with E-state index in [9.17, 15) is 43.2 Å². The summed E-state index contributed by atoms with van der Waals surface area (Å²) in [5.41, 5.74) is 0. The average molecular weight is 681 g/mol. The smallest absolute Gasteiger partial charge is 0.462 e. The molecular weight excluding hydrogens is 634 g/mol. The Bertz CT molecular complexity index is 959. The van der Waals surface area contributed by atoms with Gasteiger partial charge in [-0.1, -0.05) is 46.0 Å². The number of aliphatic hydroxyl groups excluding tert-OH is 1. The monoisotopic (exact) mass is 680 g/mol. The summed E-state index contributed by atoms with van der Waals surface area (Å²) in [6.45, 7) is 1.69. The minimum absolute atomic E-state index is 0.0171. The lowest BCUT2D eigenvalue weighted by Crippen LogP contribution is -2.29. The third kappa shape index (κ3) is 24.4. The summed E-state index contributed by atoms with van der Waals surface area (Å²) in [6.07, 6.45) is 1.80. The highest BCUT2D eigenvalue weighted by Crippen LogP contribution is 2.45. The normalized spacial score (nSPS) is 16.1. The van der Waals surface area contributed by atoms with E-state index >= 15 is 0 Å². The van der Waals surface area contributed by atoms with E-state index in [1.54, 1.807) is 0 Å². The summed E-state index contributed by atoms with van der Waals surface area (Å²) in [4.78, 5) is 65.5. The predicted octanol–water partition coefficient (Wildman–Crippen LogP) is 2.72. The molecule has 3 N–H and O–H groups in total. The standard InChI is InChI=1S/C25H46O17P2/c1-5-7-8-9-10-11-12-25(30)36-16-23(42-24(29)6-2)18-40-44(33,34)38-14-21(28)13-37-43(31,32)39-17-22(41-20(4)27)15-35-19(3)26/h21-23,28H,5-18H2,1-4H3,(H,31,32)(H,33,34)/t21-,22-,23-/m1/s1. The zero-order valence-electron chi connectivity index (χ0n) is 25.6. The van der Waals surface area contributed by atoms with Crippen LogP contribution in [0.1, 0.15) is 79.1 Å². The third-order valence-corrected chi connectivity index (χ3v) is 7.17. The van der Waals surface area contributed by atoms with Crippen LogP contribution in [-0.2, 0) is 65.4 Å². The number of hydrogen-bond acceptors (Lipinski definition) is 15. The van der Waals surface area contributed by atoms with E-state index < -0.39 is 97.5 Å². The Hall–Kier alpha value is -1.94. The third-order valence-electron chi connectivity index (χ3n) is 5.26. The van der Waals surface area contributed by atoms with Crippen molar-refractivity contribution in [2.45, 2.75) is 97.4 Å². The molecule has 44 heavy (non-hydrogen) atoms. The Morgan fingerprint density at radius 2 is 1.09 bits per heavy atom. The van der Waals surface area contributed by atoms with Gasteiger partial charge in [-0.05, 0) is 6.42 Å². The molecule has 0 saturated heterocycles. The molecule has 0 rings (SSSR count). The average Bonchev–Trinajstić information content (AvgIpc) is 2.95. The molecule has 258 valence electrons.